The zero-order valence-electron chi connectivity index (χ0n) is 20.0. The van der Waals surface area contributed by atoms with Crippen LogP contribution in [0.2, 0.25) is 5.02 Å². The zero-order chi connectivity index (χ0) is 25.1. The Labute approximate surface area is 211 Å². The van der Waals surface area contributed by atoms with Gasteiger partial charge < -0.3 is 20.6 Å². The van der Waals surface area contributed by atoms with Crippen molar-refractivity contribution < 1.29 is 9.90 Å². The molecule has 0 aliphatic rings. The monoisotopic (exact) mass is 516 g/mol. The summed E-state index contributed by atoms with van der Waals surface area (Å²) in [6.07, 6.45) is 3.17. The van der Waals surface area contributed by atoms with Gasteiger partial charge in [0.25, 0.3) is 5.91 Å². The number of thiazole rings is 1. The SMILES string of the molecule is CCN(C)C(C)CCCNC(=O)c1c(=O)c2cnc(NCCO)nc2n2c1sc1ccc(Cl)cc12. The molecule has 35 heavy (non-hydrogen) atoms. The van der Waals surface area contributed by atoms with E-state index in [1.807, 2.05) is 6.07 Å². The van der Waals surface area contributed by atoms with E-state index in [0.717, 1.165) is 29.6 Å². The molecule has 0 radical (unpaired) electrons. The smallest absolute Gasteiger partial charge is 0.258 e. The van der Waals surface area contributed by atoms with Crippen LogP contribution in [0.15, 0.2) is 29.2 Å². The Bertz CT molecular complexity index is 1440. The number of hydrogen-bond acceptors (Lipinski definition) is 8. The van der Waals surface area contributed by atoms with Crippen molar-refractivity contribution in [3.8, 4) is 0 Å². The topological polar surface area (TPSA) is 112 Å². The van der Waals surface area contributed by atoms with Crippen LogP contribution in [0, 0.1) is 0 Å². The summed E-state index contributed by atoms with van der Waals surface area (Å²) in [5.74, 6) is -0.129. The van der Waals surface area contributed by atoms with Crippen molar-refractivity contribution in [1.29, 1.82) is 0 Å². The summed E-state index contributed by atoms with van der Waals surface area (Å²) < 4.78 is 2.66. The average Bonchev–Trinajstić information content (AvgIpc) is 3.22. The number of benzene rings is 1. The van der Waals surface area contributed by atoms with E-state index in [0.29, 0.717) is 28.1 Å². The summed E-state index contributed by atoms with van der Waals surface area (Å²) in [6, 6.07) is 5.84. The van der Waals surface area contributed by atoms with Crippen molar-refractivity contribution >= 4 is 60.9 Å². The Balaban J connectivity index is 1.77. The third-order valence-electron chi connectivity index (χ3n) is 6.20. The first-order valence-electron chi connectivity index (χ1n) is 11.6. The standard InChI is InChI=1S/C24H29ClN6O3S/c1-4-30(3)14(2)6-5-9-26-22(34)19-20(33)16-13-28-24(27-10-11-32)29-21(16)31-17-12-15(25)7-8-18(17)35-23(19)31/h7-8,12-14,32H,4-6,9-11H2,1-3H3,(H,26,34)(H,27,28,29). The van der Waals surface area contributed by atoms with Gasteiger partial charge in [0.2, 0.25) is 11.4 Å². The van der Waals surface area contributed by atoms with E-state index in [4.69, 9.17) is 16.7 Å². The van der Waals surface area contributed by atoms with Gasteiger partial charge >= 0.3 is 0 Å². The Hall–Kier alpha value is -2.79. The number of aromatic nitrogens is 3. The third-order valence-corrected chi connectivity index (χ3v) is 7.58. The summed E-state index contributed by atoms with van der Waals surface area (Å²) in [7, 11) is 2.08. The number of hydrogen-bond donors (Lipinski definition) is 3. The number of fused-ring (bicyclic) bond motifs is 5. The molecule has 186 valence electrons. The number of amides is 1. The molecule has 1 amide bonds. The number of aliphatic hydroxyl groups is 1. The lowest BCUT2D eigenvalue weighted by Crippen LogP contribution is -2.32. The van der Waals surface area contributed by atoms with Gasteiger partial charge in [-0.1, -0.05) is 18.5 Å². The van der Waals surface area contributed by atoms with Gasteiger partial charge in [-0.3, -0.25) is 14.0 Å². The van der Waals surface area contributed by atoms with Crippen LogP contribution in [-0.4, -0.2) is 69.6 Å². The van der Waals surface area contributed by atoms with E-state index in [-0.39, 0.29) is 30.0 Å². The number of carbonyl (C=O) groups is 1. The number of nitrogens with one attached hydrogen (secondary N) is 2. The van der Waals surface area contributed by atoms with Gasteiger partial charge in [0, 0.05) is 30.4 Å². The molecule has 0 bridgehead atoms. The highest BCUT2D eigenvalue weighted by molar-refractivity contribution is 7.24. The molecule has 0 spiro atoms. The van der Waals surface area contributed by atoms with Crippen LogP contribution >= 0.6 is 22.9 Å². The van der Waals surface area contributed by atoms with Crippen molar-refractivity contribution in [2.24, 2.45) is 0 Å². The lowest BCUT2D eigenvalue weighted by Gasteiger charge is -2.22. The predicted octanol–water partition coefficient (Wildman–Crippen LogP) is 3.37. The minimum absolute atomic E-state index is 0.0771. The number of anilines is 1. The molecule has 0 aliphatic carbocycles. The summed E-state index contributed by atoms with van der Waals surface area (Å²) in [6.45, 7) is 5.91. The maximum Gasteiger partial charge on any atom is 0.258 e. The minimum atomic E-state index is -0.414. The van der Waals surface area contributed by atoms with Gasteiger partial charge in [0.05, 0.1) is 22.2 Å². The summed E-state index contributed by atoms with van der Waals surface area (Å²) >= 11 is 7.62. The molecular formula is C24H29ClN6O3S. The second-order valence-corrected chi connectivity index (χ2v) is 9.93. The van der Waals surface area contributed by atoms with Crippen LogP contribution in [0.5, 0.6) is 0 Å². The fourth-order valence-electron chi connectivity index (χ4n) is 3.99. The molecule has 3 N–H and O–H groups in total. The Kier molecular flexibility index (Phi) is 7.85. The number of halogens is 1. The number of aliphatic hydroxyl groups excluding tert-OH is 1. The van der Waals surface area contributed by atoms with Gasteiger partial charge in [0.1, 0.15) is 10.4 Å². The Morgan fingerprint density at radius 1 is 1.34 bits per heavy atom. The number of nitrogens with zero attached hydrogens (tertiary/aromatic N) is 4. The lowest BCUT2D eigenvalue weighted by atomic mass is 10.1. The molecule has 0 fully saturated rings. The normalized spacial score (nSPS) is 12.6. The van der Waals surface area contributed by atoms with Crippen LogP contribution in [-0.2, 0) is 0 Å². The fourth-order valence-corrected chi connectivity index (χ4v) is 5.32. The second kappa shape index (κ2) is 10.9. The molecule has 0 saturated carbocycles. The van der Waals surface area contributed by atoms with E-state index in [9.17, 15) is 9.59 Å². The summed E-state index contributed by atoms with van der Waals surface area (Å²) in [5, 5.41) is 15.7. The Morgan fingerprint density at radius 3 is 2.89 bits per heavy atom. The maximum absolute atomic E-state index is 13.5. The molecule has 4 aromatic rings. The van der Waals surface area contributed by atoms with Crippen molar-refractivity contribution in [3.05, 3.63) is 45.2 Å². The molecule has 4 rings (SSSR count). The average molecular weight is 517 g/mol. The lowest BCUT2D eigenvalue weighted by molar-refractivity contribution is 0.0952. The largest absolute Gasteiger partial charge is 0.395 e. The molecule has 3 heterocycles. The molecule has 9 nitrogen and oxygen atoms in total. The first-order valence-corrected chi connectivity index (χ1v) is 12.8. The molecule has 0 aliphatic heterocycles. The maximum atomic E-state index is 13.5. The first kappa shape index (κ1) is 25.3. The quantitative estimate of drug-likeness (QED) is 0.277. The van der Waals surface area contributed by atoms with Crippen molar-refractivity contribution in [1.82, 2.24) is 24.6 Å². The second-order valence-electron chi connectivity index (χ2n) is 8.46. The van der Waals surface area contributed by atoms with Gasteiger partial charge in [-0.15, -0.1) is 11.3 Å². The molecule has 1 aromatic carbocycles. The summed E-state index contributed by atoms with van der Waals surface area (Å²) in [5.41, 5.74) is 0.790. The van der Waals surface area contributed by atoms with Crippen molar-refractivity contribution in [3.63, 3.8) is 0 Å². The predicted molar refractivity (Wildman–Crippen MR) is 142 cm³/mol. The molecule has 3 aromatic heterocycles. The molecule has 11 heteroatoms. The third kappa shape index (κ3) is 5.11. The molecular weight excluding hydrogens is 488 g/mol. The van der Waals surface area contributed by atoms with Crippen LogP contribution in [0.3, 0.4) is 0 Å². The summed E-state index contributed by atoms with van der Waals surface area (Å²) in [4.78, 5) is 38.3. The highest BCUT2D eigenvalue weighted by Crippen LogP contribution is 2.32. The van der Waals surface area contributed by atoms with Crippen molar-refractivity contribution in [2.45, 2.75) is 32.7 Å². The first-order chi connectivity index (χ1) is 16.8. The van der Waals surface area contributed by atoms with Crippen LogP contribution < -0.4 is 16.1 Å². The van der Waals surface area contributed by atoms with Gasteiger partial charge in [0.15, 0.2) is 5.65 Å². The Morgan fingerprint density at radius 2 is 2.14 bits per heavy atom. The number of pyridine rings is 1. The van der Waals surface area contributed by atoms with Gasteiger partial charge in [-0.25, -0.2) is 4.98 Å². The van der Waals surface area contributed by atoms with E-state index < -0.39 is 11.3 Å². The van der Waals surface area contributed by atoms with E-state index in [1.54, 1.807) is 16.5 Å². The highest BCUT2D eigenvalue weighted by atomic mass is 35.5. The van der Waals surface area contributed by atoms with E-state index in [1.165, 1.54) is 17.5 Å². The molecule has 1 unspecified atom stereocenters. The molecule has 1 atom stereocenters. The van der Waals surface area contributed by atoms with Crippen LogP contribution in [0.4, 0.5) is 5.95 Å². The van der Waals surface area contributed by atoms with E-state index >= 15 is 0 Å². The highest BCUT2D eigenvalue weighted by Gasteiger charge is 2.23. The zero-order valence-corrected chi connectivity index (χ0v) is 21.5. The fraction of sp³-hybridized carbons (Fsp3) is 0.417. The van der Waals surface area contributed by atoms with Crippen LogP contribution in [0.1, 0.15) is 37.0 Å². The van der Waals surface area contributed by atoms with Gasteiger partial charge in [-0.05, 0) is 51.6 Å². The van der Waals surface area contributed by atoms with Gasteiger partial charge in [-0.2, -0.15) is 4.98 Å². The van der Waals surface area contributed by atoms with E-state index in [2.05, 4.69) is 46.4 Å². The minimum Gasteiger partial charge on any atom is -0.395 e. The van der Waals surface area contributed by atoms with Crippen LogP contribution in [0.25, 0.3) is 26.1 Å². The molecule has 0 saturated heterocycles. The van der Waals surface area contributed by atoms with Crippen molar-refractivity contribution in [2.75, 3.05) is 38.6 Å². The number of carbonyl (C=O) groups excluding carboxylic acids is 1. The number of rotatable bonds is 10.